The fourth-order valence-corrected chi connectivity index (χ4v) is 8.28. The van der Waals surface area contributed by atoms with E-state index in [4.69, 9.17) is 28.4 Å². The zero-order valence-corrected chi connectivity index (χ0v) is 41.2. The molecule has 0 aliphatic carbocycles. The van der Waals surface area contributed by atoms with Gasteiger partial charge in [0.05, 0.1) is 38.6 Å². The molecule has 404 valence electrons. The van der Waals surface area contributed by atoms with Gasteiger partial charge in [-0.3, -0.25) is 4.79 Å². The zero-order chi connectivity index (χ0) is 51.3. The number of carbonyl (C=O) groups excluding carboxylic acids is 1. The molecule has 19 heteroatoms. The van der Waals surface area contributed by atoms with Crippen LogP contribution in [0.15, 0.2) is 60.8 Å². The third-order valence-corrected chi connectivity index (χ3v) is 12.5. The fourth-order valence-electron chi connectivity index (χ4n) is 8.28. The molecular formula is C51H87NO18. The molecule has 3 saturated heterocycles. The Kier molecular flexibility index (Phi) is 31.4. The van der Waals surface area contributed by atoms with E-state index in [-0.39, 0.29) is 18.9 Å². The predicted molar refractivity (Wildman–Crippen MR) is 258 cm³/mol. The van der Waals surface area contributed by atoms with Crippen molar-refractivity contribution >= 4 is 5.91 Å². The van der Waals surface area contributed by atoms with Crippen LogP contribution in [-0.4, -0.2) is 193 Å². The van der Waals surface area contributed by atoms with Gasteiger partial charge in [0.1, 0.15) is 73.2 Å². The van der Waals surface area contributed by atoms with E-state index in [9.17, 15) is 61.0 Å². The molecule has 0 spiro atoms. The minimum Gasteiger partial charge on any atom is -0.394 e. The van der Waals surface area contributed by atoms with E-state index in [1.165, 1.54) is 32.1 Å². The Balaban J connectivity index is 1.59. The van der Waals surface area contributed by atoms with Crippen LogP contribution in [0, 0.1) is 0 Å². The van der Waals surface area contributed by atoms with Crippen LogP contribution in [0.3, 0.4) is 0 Å². The number of carbonyl (C=O) groups is 1. The molecule has 3 fully saturated rings. The number of amides is 1. The van der Waals surface area contributed by atoms with Gasteiger partial charge in [-0.1, -0.05) is 113 Å². The van der Waals surface area contributed by atoms with Crippen LogP contribution in [0.5, 0.6) is 0 Å². The largest absolute Gasteiger partial charge is 0.394 e. The summed E-state index contributed by atoms with van der Waals surface area (Å²) >= 11 is 0. The SMILES string of the molecule is CC/C=C\C/C=C\C/C=C\CCCCCC(=O)NC(COC1OC(CO)C(OC2OC(CO)C(OC3OC(CO)C(O)C(O)C3O)C(O)C2O)C(O)C1O)C(O)/C=C/CC/C=C/CCCCCCCC. The highest BCUT2D eigenvalue weighted by molar-refractivity contribution is 5.76. The topological polar surface area (TPSA) is 307 Å². The molecule has 0 saturated carbocycles. The number of hydrogen-bond acceptors (Lipinski definition) is 18. The normalized spacial score (nSPS) is 33.1. The Labute approximate surface area is 414 Å². The molecule has 1 amide bonds. The van der Waals surface area contributed by atoms with E-state index in [1.54, 1.807) is 6.08 Å². The molecule has 3 rings (SSSR count). The van der Waals surface area contributed by atoms with E-state index in [1.807, 2.05) is 6.08 Å². The van der Waals surface area contributed by atoms with Gasteiger partial charge in [-0.05, 0) is 64.2 Å². The van der Waals surface area contributed by atoms with Gasteiger partial charge in [0.15, 0.2) is 18.9 Å². The Morgan fingerprint density at radius 1 is 0.529 bits per heavy atom. The highest BCUT2D eigenvalue weighted by Gasteiger charge is 2.53. The quantitative estimate of drug-likeness (QED) is 0.0323. The van der Waals surface area contributed by atoms with Crippen LogP contribution >= 0.6 is 0 Å². The van der Waals surface area contributed by atoms with Crippen LogP contribution in [0.2, 0.25) is 0 Å². The Morgan fingerprint density at radius 2 is 1.00 bits per heavy atom. The minimum absolute atomic E-state index is 0.197. The minimum atomic E-state index is -1.98. The monoisotopic (exact) mass is 1000 g/mol. The molecule has 19 nitrogen and oxygen atoms in total. The van der Waals surface area contributed by atoms with Gasteiger partial charge in [-0.15, -0.1) is 0 Å². The van der Waals surface area contributed by atoms with Gasteiger partial charge >= 0.3 is 0 Å². The zero-order valence-electron chi connectivity index (χ0n) is 41.2. The van der Waals surface area contributed by atoms with Crippen LogP contribution in [0.1, 0.15) is 123 Å². The average Bonchev–Trinajstić information content (AvgIpc) is 3.35. The second kappa shape index (κ2) is 35.6. The number of unbranched alkanes of at least 4 members (excludes halogenated alkanes) is 10. The molecule has 3 heterocycles. The second-order valence-corrected chi connectivity index (χ2v) is 18.2. The first kappa shape index (κ1) is 61.8. The maximum atomic E-state index is 13.2. The summed E-state index contributed by atoms with van der Waals surface area (Å²) in [5, 5.41) is 119. The second-order valence-electron chi connectivity index (χ2n) is 18.2. The van der Waals surface area contributed by atoms with E-state index >= 15 is 0 Å². The van der Waals surface area contributed by atoms with E-state index in [2.05, 4.69) is 67.8 Å². The molecule has 17 atom stereocenters. The lowest BCUT2D eigenvalue weighted by molar-refractivity contribution is -0.379. The van der Waals surface area contributed by atoms with Gasteiger partial charge < -0.3 is 89.9 Å². The Bertz CT molecular complexity index is 1530. The van der Waals surface area contributed by atoms with E-state index in [0.717, 1.165) is 57.8 Å². The van der Waals surface area contributed by atoms with Crippen molar-refractivity contribution in [2.45, 2.75) is 227 Å². The summed E-state index contributed by atoms with van der Waals surface area (Å²) < 4.78 is 34.0. The number of aliphatic hydroxyl groups is 11. The first-order valence-electron chi connectivity index (χ1n) is 25.5. The summed E-state index contributed by atoms with van der Waals surface area (Å²) in [6.07, 6.45) is 9.52. The predicted octanol–water partition coefficient (Wildman–Crippen LogP) is 1.75. The highest BCUT2D eigenvalue weighted by atomic mass is 16.8. The molecule has 17 unspecified atom stereocenters. The first-order valence-corrected chi connectivity index (χ1v) is 25.5. The Hall–Kier alpha value is -2.51. The van der Waals surface area contributed by atoms with Gasteiger partial charge in [0.25, 0.3) is 0 Å². The van der Waals surface area contributed by atoms with Crippen molar-refractivity contribution in [1.29, 1.82) is 0 Å². The summed E-state index contributed by atoms with van der Waals surface area (Å²) in [6, 6.07) is -1.00. The Morgan fingerprint density at radius 3 is 1.60 bits per heavy atom. The fraction of sp³-hybridized carbons (Fsp3) is 0.784. The number of rotatable bonds is 34. The van der Waals surface area contributed by atoms with Crippen LogP contribution in [-0.2, 0) is 33.2 Å². The number of nitrogens with one attached hydrogen (secondary N) is 1. The molecule has 0 aromatic rings. The first-order chi connectivity index (χ1) is 33.8. The van der Waals surface area contributed by atoms with Crippen molar-refractivity contribution < 1.29 is 89.4 Å². The van der Waals surface area contributed by atoms with Gasteiger partial charge in [-0.2, -0.15) is 0 Å². The smallest absolute Gasteiger partial charge is 0.220 e. The molecule has 12 N–H and O–H groups in total. The van der Waals surface area contributed by atoms with E-state index < -0.39 is 124 Å². The number of ether oxygens (including phenoxy) is 6. The molecule has 0 aromatic heterocycles. The number of hydrogen-bond donors (Lipinski definition) is 12. The van der Waals surface area contributed by atoms with Crippen molar-refractivity contribution in [3.8, 4) is 0 Å². The summed E-state index contributed by atoms with van der Waals surface area (Å²) in [6.45, 7) is 1.48. The molecular weight excluding hydrogens is 915 g/mol. The number of aliphatic hydroxyl groups excluding tert-OH is 11. The molecule has 3 aliphatic rings. The van der Waals surface area contributed by atoms with Crippen molar-refractivity contribution in [2.24, 2.45) is 0 Å². The highest BCUT2D eigenvalue weighted by Crippen LogP contribution is 2.33. The van der Waals surface area contributed by atoms with Crippen molar-refractivity contribution in [3.63, 3.8) is 0 Å². The van der Waals surface area contributed by atoms with Gasteiger partial charge in [-0.25, -0.2) is 0 Å². The van der Waals surface area contributed by atoms with Gasteiger partial charge in [0, 0.05) is 6.42 Å². The molecule has 3 aliphatic heterocycles. The number of allylic oxidation sites excluding steroid dienone is 9. The molecule has 0 bridgehead atoms. The van der Waals surface area contributed by atoms with Crippen LogP contribution in [0.25, 0.3) is 0 Å². The maximum absolute atomic E-state index is 13.2. The van der Waals surface area contributed by atoms with Crippen LogP contribution < -0.4 is 5.32 Å². The van der Waals surface area contributed by atoms with Crippen molar-refractivity contribution in [1.82, 2.24) is 5.32 Å². The average molecular weight is 1000 g/mol. The molecule has 0 aromatic carbocycles. The lowest BCUT2D eigenvalue weighted by Gasteiger charge is -2.48. The summed E-state index contributed by atoms with van der Waals surface area (Å²) in [7, 11) is 0. The standard InChI is InChI=1S/C51H87NO18/c1-3-5-7-9-11-13-15-17-19-21-23-25-27-29-39(57)52-34(35(56)28-26-24-22-20-18-16-14-12-10-8-6-4-2)33-65-49-45(63)42(60)47(37(31-54)67-49)70-51-46(64)43(61)48(38(32-55)68-51)69-50-44(62)41(59)40(58)36(30-53)66-50/h5,7,11,13,17-20,26,28,34-38,40-51,53-56,58-64H,3-4,6,8-10,12,14-16,21-25,27,29-33H2,1-2H3,(H,52,57)/b7-5-,13-11-,19-17-,20-18+,28-26+. The van der Waals surface area contributed by atoms with Crippen LogP contribution in [0.4, 0.5) is 0 Å². The van der Waals surface area contributed by atoms with E-state index in [0.29, 0.717) is 12.8 Å². The van der Waals surface area contributed by atoms with Crippen molar-refractivity contribution in [3.05, 3.63) is 60.8 Å². The third kappa shape index (κ3) is 21.1. The maximum Gasteiger partial charge on any atom is 0.220 e. The summed E-state index contributed by atoms with van der Waals surface area (Å²) in [5.74, 6) is -0.321. The molecule has 0 radical (unpaired) electrons. The molecule has 70 heavy (non-hydrogen) atoms. The lowest BCUT2D eigenvalue weighted by Crippen LogP contribution is -2.66. The lowest BCUT2D eigenvalue weighted by atomic mass is 9.96. The summed E-state index contributed by atoms with van der Waals surface area (Å²) in [5.41, 5.74) is 0. The van der Waals surface area contributed by atoms with Gasteiger partial charge in [0.2, 0.25) is 5.91 Å². The van der Waals surface area contributed by atoms with Crippen molar-refractivity contribution in [2.75, 3.05) is 26.4 Å². The summed E-state index contributed by atoms with van der Waals surface area (Å²) in [4.78, 5) is 13.2. The third-order valence-electron chi connectivity index (χ3n) is 12.5.